The molecule has 0 amide bonds. The first kappa shape index (κ1) is 21.8. The van der Waals surface area contributed by atoms with Crippen LogP contribution in [-0.2, 0) is 19.9 Å². The van der Waals surface area contributed by atoms with Gasteiger partial charge in [-0.1, -0.05) is 56.0 Å². The van der Waals surface area contributed by atoms with Crippen molar-refractivity contribution < 1.29 is 13.4 Å². The summed E-state index contributed by atoms with van der Waals surface area (Å²) in [7, 11) is 2.05. The van der Waals surface area contributed by atoms with E-state index < -0.39 is 0 Å². The first-order valence-electron chi connectivity index (χ1n) is 13.3. The number of furan rings is 1. The minimum atomic E-state index is -0.226. The van der Waals surface area contributed by atoms with E-state index in [1.165, 1.54) is 43.2 Å². The topological polar surface area (TPSA) is 17.0 Å². The zero-order valence-corrected chi connectivity index (χ0v) is 21.0. The van der Waals surface area contributed by atoms with E-state index in [0.29, 0.717) is 11.1 Å². The maximum Gasteiger partial charge on any atom is 0.216 e. The summed E-state index contributed by atoms with van der Waals surface area (Å²) in [6, 6.07) is 20.5. The molecule has 2 aliphatic carbocycles. The van der Waals surface area contributed by atoms with Gasteiger partial charge in [0.15, 0.2) is 6.20 Å². The maximum atomic E-state index is 15.5. The normalized spacial score (nSPS) is 17.9. The molecule has 1 saturated carbocycles. The Kier molecular flexibility index (Phi) is 5.02. The number of benzene rings is 3. The molecule has 36 heavy (non-hydrogen) atoms. The van der Waals surface area contributed by atoms with Crippen LogP contribution in [-0.4, -0.2) is 0 Å². The summed E-state index contributed by atoms with van der Waals surface area (Å²) < 4.78 is 24.2. The lowest BCUT2D eigenvalue weighted by molar-refractivity contribution is -0.660. The van der Waals surface area contributed by atoms with Crippen molar-refractivity contribution in [3.8, 4) is 22.4 Å². The second-order valence-electron chi connectivity index (χ2n) is 10.9. The largest absolute Gasteiger partial charge is 0.454 e. The van der Waals surface area contributed by atoms with Gasteiger partial charge in [0.2, 0.25) is 5.69 Å². The maximum absolute atomic E-state index is 15.5. The van der Waals surface area contributed by atoms with Gasteiger partial charge in [-0.2, -0.15) is 0 Å². The Balaban J connectivity index is 1.40. The predicted octanol–water partition coefficient (Wildman–Crippen LogP) is 8.10. The summed E-state index contributed by atoms with van der Waals surface area (Å²) >= 11 is 0. The summed E-state index contributed by atoms with van der Waals surface area (Å²) in [5.74, 6) is 1.38. The molecule has 180 valence electrons. The van der Waals surface area contributed by atoms with Crippen LogP contribution in [0.4, 0.5) is 4.39 Å². The van der Waals surface area contributed by atoms with Crippen LogP contribution in [0.15, 0.2) is 71.3 Å². The standard InChI is InChI=1S/C33H31FNO/c1-20-10-13-26-27-14-15-28(34)31(33(27)36-32(26)30(20)29-9-5-6-16-35(29)2)23-12-11-22-17-24(19-25(22)18-23)21-7-3-4-8-21/h5-6,9-16,18,21,24H,3-4,7-8,17,19H2,1-2H3/q+1. The van der Waals surface area contributed by atoms with E-state index >= 15 is 4.39 Å². The first-order chi connectivity index (χ1) is 17.6. The Morgan fingerprint density at radius 1 is 0.806 bits per heavy atom. The summed E-state index contributed by atoms with van der Waals surface area (Å²) in [5, 5.41) is 1.99. The van der Waals surface area contributed by atoms with Gasteiger partial charge in [0, 0.05) is 22.9 Å². The van der Waals surface area contributed by atoms with Crippen LogP contribution >= 0.6 is 0 Å². The number of pyridine rings is 1. The van der Waals surface area contributed by atoms with E-state index in [1.54, 1.807) is 6.07 Å². The predicted molar refractivity (Wildman–Crippen MR) is 143 cm³/mol. The van der Waals surface area contributed by atoms with Gasteiger partial charge >= 0.3 is 0 Å². The molecule has 3 aromatic carbocycles. The third kappa shape index (κ3) is 3.32. The van der Waals surface area contributed by atoms with Crippen LogP contribution in [0, 0.1) is 24.6 Å². The quantitative estimate of drug-likeness (QED) is 0.240. The van der Waals surface area contributed by atoms with Gasteiger partial charge in [0.1, 0.15) is 24.0 Å². The molecule has 2 aliphatic rings. The average molecular weight is 477 g/mol. The fraction of sp³-hybridized carbons (Fsp3) is 0.303. The summed E-state index contributed by atoms with van der Waals surface area (Å²) in [4.78, 5) is 0. The van der Waals surface area contributed by atoms with Gasteiger partial charge < -0.3 is 4.42 Å². The molecule has 2 aromatic heterocycles. The van der Waals surface area contributed by atoms with Gasteiger partial charge in [0.05, 0.1) is 11.1 Å². The van der Waals surface area contributed by atoms with Crippen molar-refractivity contribution in [3.63, 3.8) is 0 Å². The number of nitrogens with zero attached hydrogens (tertiary/aromatic N) is 1. The highest BCUT2D eigenvalue weighted by atomic mass is 19.1. The fourth-order valence-electron chi connectivity index (χ4n) is 6.92. The van der Waals surface area contributed by atoms with Crippen molar-refractivity contribution in [2.75, 3.05) is 0 Å². The number of hydrogen-bond acceptors (Lipinski definition) is 1. The number of aryl methyl sites for hydroxylation is 2. The van der Waals surface area contributed by atoms with E-state index in [-0.39, 0.29) is 5.82 Å². The fourth-order valence-corrected chi connectivity index (χ4v) is 6.92. The average Bonchev–Trinajstić information content (AvgIpc) is 3.62. The molecule has 1 fully saturated rings. The second kappa shape index (κ2) is 8.30. The van der Waals surface area contributed by atoms with Gasteiger partial charge in [-0.25, -0.2) is 8.96 Å². The monoisotopic (exact) mass is 476 g/mol. The van der Waals surface area contributed by atoms with E-state index in [2.05, 4.69) is 47.9 Å². The van der Waals surface area contributed by atoms with Crippen LogP contribution in [0.5, 0.6) is 0 Å². The van der Waals surface area contributed by atoms with Crippen LogP contribution in [0.1, 0.15) is 42.4 Å². The highest BCUT2D eigenvalue weighted by Crippen LogP contribution is 2.44. The Morgan fingerprint density at radius 3 is 2.36 bits per heavy atom. The highest BCUT2D eigenvalue weighted by molar-refractivity contribution is 6.13. The van der Waals surface area contributed by atoms with Crippen molar-refractivity contribution in [1.82, 2.24) is 0 Å². The number of halogens is 1. The molecule has 0 N–H and O–H groups in total. The molecule has 1 atom stereocenters. The third-order valence-electron chi connectivity index (χ3n) is 8.80. The molecule has 3 heteroatoms. The van der Waals surface area contributed by atoms with Crippen LogP contribution in [0.3, 0.4) is 0 Å². The lowest BCUT2D eigenvalue weighted by Crippen LogP contribution is -2.30. The number of aromatic nitrogens is 1. The molecule has 0 radical (unpaired) electrons. The zero-order valence-electron chi connectivity index (χ0n) is 21.0. The molecule has 2 nitrogen and oxygen atoms in total. The molecule has 5 aromatic rings. The summed E-state index contributed by atoms with van der Waals surface area (Å²) in [5.41, 5.74) is 9.09. The molecule has 2 heterocycles. The number of fused-ring (bicyclic) bond motifs is 4. The summed E-state index contributed by atoms with van der Waals surface area (Å²) in [6.07, 6.45) is 9.85. The van der Waals surface area contributed by atoms with Gasteiger partial charge in [-0.3, -0.25) is 0 Å². The van der Waals surface area contributed by atoms with E-state index in [4.69, 9.17) is 4.42 Å². The smallest absolute Gasteiger partial charge is 0.216 e. The van der Waals surface area contributed by atoms with E-state index in [1.807, 2.05) is 31.4 Å². The molecule has 0 bridgehead atoms. The molecular formula is C33H31FNO+. The molecule has 0 aliphatic heterocycles. The minimum Gasteiger partial charge on any atom is -0.454 e. The Hall–Kier alpha value is -3.46. The summed E-state index contributed by atoms with van der Waals surface area (Å²) in [6.45, 7) is 2.11. The van der Waals surface area contributed by atoms with Crippen molar-refractivity contribution in [1.29, 1.82) is 0 Å². The Bertz CT molecular complexity index is 1640. The van der Waals surface area contributed by atoms with Gasteiger partial charge in [0.25, 0.3) is 0 Å². The molecule has 0 spiro atoms. The van der Waals surface area contributed by atoms with E-state index in [9.17, 15) is 0 Å². The Labute approximate surface area is 211 Å². The van der Waals surface area contributed by atoms with E-state index in [0.717, 1.165) is 57.0 Å². The van der Waals surface area contributed by atoms with Crippen LogP contribution in [0.25, 0.3) is 44.3 Å². The second-order valence-corrected chi connectivity index (χ2v) is 10.9. The first-order valence-corrected chi connectivity index (χ1v) is 13.3. The lowest BCUT2D eigenvalue weighted by Gasteiger charge is -2.16. The van der Waals surface area contributed by atoms with Crippen molar-refractivity contribution in [2.24, 2.45) is 18.9 Å². The number of hydrogen-bond donors (Lipinski definition) is 0. The van der Waals surface area contributed by atoms with Crippen LogP contribution < -0.4 is 4.57 Å². The zero-order chi connectivity index (χ0) is 24.4. The lowest BCUT2D eigenvalue weighted by atomic mass is 9.88. The van der Waals surface area contributed by atoms with Crippen LogP contribution in [0.2, 0.25) is 0 Å². The Morgan fingerprint density at radius 2 is 1.56 bits per heavy atom. The van der Waals surface area contributed by atoms with Gasteiger partial charge in [-0.05, 0) is 72.1 Å². The molecule has 7 rings (SSSR count). The molecule has 0 saturated heterocycles. The van der Waals surface area contributed by atoms with Crippen molar-refractivity contribution in [3.05, 3.63) is 89.4 Å². The SMILES string of the molecule is Cc1ccc2c(oc3c(-c4ccc5c(c4)CC(C4CCCC4)C5)c(F)ccc32)c1-c1cccc[n+]1C. The third-order valence-corrected chi connectivity index (χ3v) is 8.80. The van der Waals surface area contributed by atoms with Crippen molar-refractivity contribution in [2.45, 2.75) is 45.4 Å². The van der Waals surface area contributed by atoms with Gasteiger partial charge in [-0.15, -0.1) is 0 Å². The molecular weight excluding hydrogens is 445 g/mol. The minimum absolute atomic E-state index is 0.226. The highest BCUT2D eigenvalue weighted by Gasteiger charge is 2.31. The van der Waals surface area contributed by atoms with Crippen molar-refractivity contribution >= 4 is 21.9 Å². The molecule has 1 unspecified atom stereocenters. The number of rotatable bonds is 3.